The van der Waals surface area contributed by atoms with E-state index in [2.05, 4.69) is 4.98 Å². The summed E-state index contributed by atoms with van der Waals surface area (Å²) >= 11 is 0. The second-order valence-electron chi connectivity index (χ2n) is 4.04. The Labute approximate surface area is 105 Å². The van der Waals surface area contributed by atoms with Crippen LogP contribution >= 0.6 is 0 Å². The number of carboxylic acid groups (broad SMARTS) is 1. The maximum Gasteiger partial charge on any atom is 0.372 e. The summed E-state index contributed by atoms with van der Waals surface area (Å²) in [6.45, 7) is 2.28. The Morgan fingerprint density at radius 3 is 2.89 bits per heavy atom. The van der Waals surface area contributed by atoms with Gasteiger partial charge >= 0.3 is 5.97 Å². The molecule has 0 radical (unpaired) electrons. The lowest BCUT2D eigenvalue weighted by atomic mass is 10.2. The zero-order valence-electron chi connectivity index (χ0n) is 10.3. The molecule has 0 amide bonds. The van der Waals surface area contributed by atoms with Gasteiger partial charge in [-0.1, -0.05) is 12.1 Å². The van der Waals surface area contributed by atoms with Crippen molar-refractivity contribution in [2.24, 2.45) is 7.05 Å². The lowest BCUT2D eigenvalue weighted by Gasteiger charge is -2.07. The Morgan fingerprint density at radius 2 is 2.28 bits per heavy atom. The molecule has 18 heavy (non-hydrogen) atoms. The number of aryl methyl sites for hydroxylation is 1. The molecule has 0 aliphatic heterocycles. The highest BCUT2D eigenvalue weighted by molar-refractivity contribution is 5.83. The molecule has 2 rings (SSSR count). The second-order valence-corrected chi connectivity index (χ2v) is 4.04. The zero-order valence-corrected chi connectivity index (χ0v) is 10.3. The third-order valence-corrected chi connectivity index (χ3v) is 2.65. The fourth-order valence-corrected chi connectivity index (χ4v) is 1.64. The number of aromatic nitrogens is 2. The monoisotopic (exact) mass is 246 g/mol. The predicted octanol–water partition coefficient (Wildman–Crippen LogP) is 2.01. The highest BCUT2D eigenvalue weighted by Crippen LogP contribution is 2.14. The highest BCUT2D eigenvalue weighted by atomic mass is 16.5. The summed E-state index contributed by atoms with van der Waals surface area (Å²) in [6, 6.07) is 7.69. The van der Waals surface area contributed by atoms with Gasteiger partial charge in [-0.2, -0.15) is 0 Å². The number of benzene rings is 1. The highest BCUT2D eigenvalue weighted by Gasteiger charge is 2.12. The van der Waals surface area contributed by atoms with Crippen molar-refractivity contribution in [1.82, 2.24) is 9.55 Å². The molecule has 0 fully saturated rings. The van der Waals surface area contributed by atoms with Crippen molar-refractivity contribution in [3.8, 4) is 5.75 Å². The van der Waals surface area contributed by atoms with Crippen molar-refractivity contribution in [2.45, 2.75) is 13.5 Å². The van der Waals surface area contributed by atoms with Crippen LogP contribution in [-0.4, -0.2) is 20.6 Å². The molecule has 94 valence electrons. The van der Waals surface area contributed by atoms with Crippen molar-refractivity contribution >= 4 is 5.97 Å². The summed E-state index contributed by atoms with van der Waals surface area (Å²) < 4.78 is 7.11. The zero-order chi connectivity index (χ0) is 13.1. The molecule has 0 unspecified atom stereocenters. The summed E-state index contributed by atoms with van der Waals surface area (Å²) in [6.07, 6.45) is 1.51. The van der Waals surface area contributed by atoms with E-state index in [1.54, 1.807) is 7.05 Å². The van der Waals surface area contributed by atoms with E-state index < -0.39 is 5.97 Å². The summed E-state index contributed by atoms with van der Waals surface area (Å²) in [5.41, 5.74) is 1.83. The van der Waals surface area contributed by atoms with E-state index in [1.165, 1.54) is 10.8 Å². The van der Waals surface area contributed by atoms with Crippen LogP contribution in [0, 0.1) is 6.92 Å². The largest absolute Gasteiger partial charge is 0.487 e. The number of ether oxygens (including phenoxy) is 1. The van der Waals surface area contributed by atoms with Crippen LogP contribution in [0.1, 0.15) is 21.9 Å². The minimum absolute atomic E-state index is 0.0119. The van der Waals surface area contributed by atoms with Gasteiger partial charge in [-0.25, -0.2) is 9.78 Å². The molecule has 5 heteroatoms. The van der Waals surface area contributed by atoms with E-state index in [9.17, 15) is 4.79 Å². The number of nitrogens with zero attached hydrogens (tertiary/aromatic N) is 2. The first kappa shape index (κ1) is 12.2. The molecule has 1 aromatic heterocycles. The molecule has 0 aliphatic rings. The first-order valence-corrected chi connectivity index (χ1v) is 5.51. The van der Waals surface area contributed by atoms with E-state index in [0.717, 1.165) is 11.3 Å². The molecule has 0 spiro atoms. The summed E-state index contributed by atoms with van der Waals surface area (Å²) in [5, 5.41) is 8.88. The third-order valence-electron chi connectivity index (χ3n) is 2.65. The van der Waals surface area contributed by atoms with Gasteiger partial charge in [0.15, 0.2) is 0 Å². The maximum absolute atomic E-state index is 10.8. The van der Waals surface area contributed by atoms with Gasteiger partial charge in [0.1, 0.15) is 12.4 Å². The predicted molar refractivity (Wildman–Crippen MR) is 65.7 cm³/mol. The minimum atomic E-state index is -1.04. The Hall–Kier alpha value is -2.30. The van der Waals surface area contributed by atoms with Crippen LogP contribution in [0.2, 0.25) is 0 Å². The molecular weight excluding hydrogens is 232 g/mol. The number of rotatable bonds is 4. The van der Waals surface area contributed by atoms with Gasteiger partial charge < -0.3 is 14.4 Å². The van der Waals surface area contributed by atoms with Crippen LogP contribution < -0.4 is 4.74 Å². The molecule has 0 aliphatic carbocycles. The second kappa shape index (κ2) is 4.91. The lowest BCUT2D eigenvalue weighted by molar-refractivity contribution is 0.0679. The van der Waals surface area contributed by atoms with Crippen LogP contribution in [0.5, 0.6) is 5.75 Å². The minimum Gasteiger partial charge on any atom is -0.487 e. The first-order chi connectivity index (χ1) is 8.58. The van der Waals surface area contributed by atoms with Gasteiger partial charge in [-0.3, -0.25) is 0 Å². The van der Waals surface area contributed by atoms with E-state index in [1.807, 2.05) is 31.2 Å². The number of hydrogen-bond acceptors (Lipinski definition) is 3. The van der Waals surface area contributed by atoms with Crippen LogP contribution in [0.4, 0.5) is 0 Å². The number of carboxylic acids is 1. The molecule has 0 saturated heterocycles. The quantitative estimate of drug-likeness (QED) is 0.896. The number of aromatic carboxylic acids is 1. The van der Waals surface area contributed by atoms with E-state index in [0.29, 0.717) is 12.3 Å². The van der Waals surface area contributed by atoms with E-state index in [4.69, 9.17) is 9.84 Å². The van der Waals surface area contributed by atoms with Gasteiger partial charge in [0.25, 0.3) is 0 Å². The van der Waals surface area contributed by atoms with Crippen LogP contribution in [0.25, 0.3) is 0 Å². The number of carbonyl (C=O) groups is 1. The molecule has 1 aromatic carbocycles. The van der Waals surface area contributed by atoms with Gasteiger partial charge in [0.05, 0.1) is 11.9 Å². The van der Waals surface area contributed by atoms with Crippen molar-refractivity contribution in [3.63, 3.8) is 0 Å². The standard InChI is InChI=1S/C13H14N2O3/c1-9-4-3-5-11(6-9)18-8-10-7-14-12(13(16)17)15(10)2/h3-7H,8H2,1-2H3,(H,16,17). The Kier molecular flexibility index (Phi) is 3.32. The fraction of sp³-hybridized carbons (Fsp3) is 0.231. The average molecular weight is 246 g/mol. The molecule has 0 bridgehead atoms. The number of hydrogen-bond donors (Lipinski definition) is 1. The molecule has 2 aromatic rings. The van der Waals surface area contributed by atoms with Crippen molar-refractivity contribution in [2.75, 3.05) is 0 Å². The van der Waals surface area contributed by atoms with Crippen molar-refractivity contribution in [3.05, 3.63) is 47.5 Å². The fourth-order valence-electron chi connectivity index (χ4n) is 1.64. The Balaban J connectivity index is 2.09. The van der Waals surface area contributed by atoms with Gasteiger partial charge in [-0.15, -0.1) is 0 Å². The molecule has 1 N–H and O–H groups in total. The molecule has 1 heterocycles. The Bertz CT molecular complexity index is 575. The van der Waals surface area contributed by atoms with Gasteiger partial charge in [-0.05, 0) is 24.6 Å². The third kappa shape index (κ3) is 2.51. The smallest absolute Gasteiger partial charge is 0.372 e. The lowest BCUT2D eigenvalue weighted by Crippen LogP contribution is -2.09. The Morgan fingerprint density at radius 1 is 1.50 bits per heavy atom. The summed E-state index contributed by atoms with van der Waals surface area (Å²) in [7, 11) is 1.66. The van der Waals surface area contributed by atoms with Crippen LogP contribution in [-0.2, 0) is 13.7 Å². The summed E-state index contributed by atoms with van der Waals surface area (Å²) in [5.74, 6) is -0.273. The van der Waals surface area contributed by atoms with Crippen molar-refractivity contribution < 1.29 is 14.6 Å². The topological polar surface area (TPSA) is 64.3 Å². The SMILES string of the molecule is Cc1cccc(OCc2cnc(C(=O)O)n2C)c1. The maximum atomic E-state index is 10.8. The van der Waals surface area contributed by atoms with E-state index in [-0.39, 0.29) is 5.82 Å². The molecule has 5 nitrogen and oxygen atoms in total. The van der Waals surface area contributed by atoms with Gasteiger partial charge in [0.2, 0.25) is 5.82 Å². The van der Waals surface area contributed by atoms with E-state index >= 15 is 0 Å². The molecule has 0 saturated carbocycles. The molecule has 0 atom stereocenters. The number of imidazole rings is 1. The average Bonchev–Trinajstić information content (AvgIpc) is 2.68. The normalized spacial score (nSPS) is 10.3. The van der Waals surface area contributed by atoms with Crippen molar-refractivity contribution in [1.29, 1.82) is 0 Å². The first-order valence-electron chi connectivity index (χ1n) is 5.51. The van der Waals surface area contributed by atoms with Crippen LogP contribution in [0.15, 0.2) is 30.5 Å². The van der Waals surface area contributed by atoms with Crippen LogP contribution in [0.3, 0.4) is 0 Å². The van der Waals surface area contributed by atoms with Gasteiger partial charge in [0, 0.05) is 7.05 Å². The summed E-state index contributed by atoms with van der Waals surface area (Å²) in [4.78, 5) is 14.7. The molecular formula is C13H14N2O3.